The van der Waals surface area contributed by atoms with Gasteiger partial charge >= 0.3 is 0 Å². The third kappa shape index (κ3) is 2.85. The van der Waals surface area contributed by atoms with Crippen molar-refractivity contribution in [3.63, 3.8) is 0 Å². The maximum atomic E-state index is 12.0. The van der Waals surface area contributed by atoms with Crippen LogP contribution >= 0.6 is 0 Å². The van der Waals surface area contributed by atoms with Gasteiger partial charge in [0.25, 0.3) is 5.56 Å². The molecule has 7 nitrogen and oxygen atoms in total. The van der Waals surface area contributed by atoms with Crippen LogP contribution in [0.1, 0.15) is 11.7 Å². The van der Waals surface area contributed by atoms with E-state index >= 15 is 0 Å². The second-order valence-electron chi connectivity index (χ2n) is 5.92. The molecule has 0 radical (unpaired) electrons. The summed E-state index contributed by atoms with van der Waals surface area (Å²) < 4.78 is 1.54. The lowest BCUT2D eigenvalue weighted by Gasteiger charge is -2.13. The number of rotatable bonds is 4. The van der Waals surface area contributed by atoms with Crippen molar-refractivity contribution in [2.45, 2.75) is 6.10 Å². The van der Waals surface area contributed by atoms with Crippen LogP contribution in [0, 0.1) is 0 Å². The fourth-order valence-corrected chi connectivity index (χ4v) is 2.84. The average molecular weight is 335 g/mol. The number of aryl methyl sites for hydroxylation is 1. The van der Waals surface area contributed by atoms with Crippen molar-refractivity contribution in [2.75, 3.05) is 11.9 Å². The number of nitrogens with one attached hydrogen (secondary N) is 2. The van der Waals surface area contributed by atoms with Crippen molar-refractivity contribution in [3.05, 3.63) is 64.6 Å². The lowest BCUT2D eigenvalue weighted by atomic mass is 10.0. The van der Waals surface area contributed by atoms with Crippen molar-refractivity contribution in [2.24, 2.45) is 7.05 Å². The smallest absolute Gasteiger partial charge is 0.263 e. The SMILES string of the molecule is Cn1ncc2c(=O)[nH]c(NC[C@@H](O)c3ccc4ccccc4c3)nc21. The lowest BCUT2D eigenvalue weighted by Crippen LogP contribution is -2.18. The highest BCUT2D eigenvalue weighted by molar-refractivity contribution is 5.83. The van der Waals surface area contributed by atoms with Crippen LogP contribution in [-0.2, 0) is 7.05 Å². The van der Waals surface area contributed by atoms with Crippen molar-refractivity contribution in [1.82, 2.24) is 19.7 Å². The number of benzene rings is 2. The van der Waals surface area contributed by atoms with E-state index in [9.17, 15) is 9.90 Å². The van der Waals surface area contributed by atoms with Crippen LogP contribution in [0.5, 0.6) is 0 Å². The molecule has 2 aromatic heterocycles. The van der Waals surface area contributed by atoms with Gasteiger partial charge in [0.2, 0.25) is 5.95 Å². The number of H-pyrrole nitrogens is 1. The van der Waals surface area contributed by atoms with Crippen molar-refractivity contribution in [1.29, 1.82) is 0 Å². The molecule has 0 spiro atoms. The number of hydrogen-bond acceptors (Lipinski definition) is 5. The Morgan fingerprint density at radius 3 is 2.88 bits per heavy atom. The molecule has 2 heterocycles. The molecule has 1 atom stereocenters. The van der Waals surface area contributed by atoms with Crippen LogP contribution in [0.25, 0.3) is 21.8 Å². The van der Waals surface area contributed by atoms with Crippen LogP contribution in [0.3, 0.4) is 0 Å². The number of hydrogen-bond donors (Lipinski definition) is 3. The van der Waals surface area contributed by atoms with E-state index in [1.165, 1.54) is 10.9 Å². The summed E-state index contributed by atoms with van der Waals surface area (Å²) >= 11 is 0. The predicted octanol–water partition coefficient (Wildman–Crippen LogP) is 1.96. The Labute approximate surface area is 142 Å². The summed E-state index contributed by atoms with van der Waals surface area (Å²) in [7, 11) is 1.72. The summed E-state index contributed by atoms with van der Waals surface area (Å²) in [5.74, 6) is 0.306. The predicted molar refractivity (Wildman–Crippen MR) is 96.5 cm³/mol. The van der Waals surface area contributed by atoms with Crippen LogP contribution in [-0.4, -0.2) is 31.4 Å². The Morgan fingerprint density at radius 1 is 1.24 bits per heavy atom. The highest BCUT2D eigenvalue weighted by Crippen LogP contribution is 2.20. The van der Waals surface area contributed by atoms with E-state index in [2.05, 4.69) is 20.4 Å². The van der Waals surface area contributed by atoms with Gasteiger partial charge in [-0.25, -0.2) is 0 Å². The third-order valence-corrected chi connectivity index (χ3v) is 4.22. The number of nitrogens with zero attached hydrogens (tertiary/aromatic N) is 3. The van der Waals surface area contributed by atoms with Gasteiger partial charge in [0.05, 0.1) is 12.3 Å². The van der Waals surface area contributed by atoms with E-state index in [-0.39, 0.29) is 12.1 Å². The molecular weight excluding hydrogens is 318 g/mol. The van der Waals surface area contributed by atoms with Gasteiger partial charge < -0.3 is 10.4 Å². The highest BCUT2D eigenvalue weighted by Gasteiger charge is 2.11. The van der Waals surface area contributed by atoms with E-state index in [0.717, 1.165) is 16.3 Å². The molecule has 0 unspecified atom stereocenters. The quantitative estimate of drug-likeness (QED) is 0.530. The Balaban J connectivity index is 1.55. The first-order valence-electron chi connectivity index (χ1n) is 7.94. The topological polar surface area (TPSA) is 95.8 Å². The molecule has 4 rings (SSSR count). The molecule has 0 bridgehead atoms. The minimum Gasteiger partial charge on any atom is -0.387 e. The van der Waals surface area contributed by atoms with Gasteiger partial charge in [0, 0.05) is 13.6 Å². The van der Waals surface area contributed by atoms with Gasteiger partial charge in [-0.2, -0.15) is 10.1 Å². The van der Waals surface area contributed by atoms with Gasteiger partial charge in [-0.3, -0.25) is 14.5 Å². The molecule has 0 saturated carbocycles. The standard InChI is InChI=1S/C18H17N5O2/c1-23-16-14(9-20-23)17(25)22-18(21-16)19-10-15(24)13-7-6-11-4-2-3-5-12(11)8-13/h2-9,15,24H,10H2,1H3,(H2,19,21,22,25)/t15-/m1/s1. The average Bonchev–Trinajstić information content (AvgIpc) is 3.01. The van der Waals surface area contributed by atoms with Crippen LogP contribution < -0.4 is 10.9 Å². The zero-order chi connectivity index (χ0) is 17.4. The fraction of sp³-hybridized carbons (Fsp3) is 0.167. The van der Waals surface area contributed by atoms with Crippen LogP contribution in [0.4, 0.5) is 5.95 Å². The number of aliphatic hydroxyl groups is 1. The zero-order valence-electron chi connectivity index (χ0n) is 13.6. The van der Waals surface area contributed by atoms with E-state index in [4.69, 9.17) is 0 Å². The first-order chi connectivity index (χ1) is 12.1. The Morgan fingerprint density at radius 2 is 2.04 bits per heavy atom. The molecule has 25 heavy (non-hydrogen) atoms. The molecule has 4 aromatic rings. The number of aliphatic hydroxyl groups excluding tert-OH is 1. The van der Waals surface area contributed by atoms with Crippen molar-refractivity contribution < 1.29 is 5.11 Å². The first-order valence-corrected chi connectivity index (χ1v) is 7.94. The van der Waals surface area contributed by atoms with Gasteiger partial charge in [0.15, 0.2) is 5.65 Å². The molecule has 7 heteroatoms. The van der Waals surface area contributed by atoms with Gasteiger partial charge in [0.1, 0.15) is 5.39 Å². The molecule has 0 saturated heterocycles. The van der Waals surface area contributed by atoms with Crippen LogP contribution in [0.2, 0.25) is 0 Å². The van der Waals surface area contributed by atoms with E-state index < -0.39 is 6.10 Å². The summed E-state index contributed by atoms with van der Waals surface area (Å²) in [5.41, 5.74) is 1.03. The molecular formula is C18H17N5O2. The van der Waals surface area contributed by atoms with E-state index in [0.29, 0.717) is 17.0 Å². The molecule has 126 valence electrons. The van der Waals surface area contributed by atoms with Crippen molar-refractivity contribution >= 4 is 27.8 Å². The summed E-state index contributed by atoms with van der Waals surface area (Å²) in [4.78, 5) is 19.0. The second-order valence-corrected chi connectivity index (χ2v) is 5.92. The lowest BCUT2D eigenvalue weighted by molar-refractivity contribution is 0.191. The summed E-state index contributed by atoms with van der Waals surface area (Å²) in [6.07, 6.45) is 0.756. The van der Waals surface area contributed by atoms with Gasteiger partial charge in [-0.15, -0.1) is 0 Å². The third-order valence-electron chi connectivity index (χ3n) is 4.22. The number of aromatic amines is 1. The number of fused-ring (bicyclic) bond motifs is 2. The maximum Gasteiger partial charge on any atom is 0.263 e. The largest absolute Gasteiger partial charge is 0.387 e. The second kappa shape index (κ2) is 6.03. The Hall–Kier alpha value is -3.19. The van der Waals surface area contributed by atoms with Gasteiger partial charge in [-0.1, -0.05) is 36.4 Å². The number of anilines is 1. The van der Waals surface area contributed by atoms with Crippen molar-refractivity contribution in [3.8, 4) is 0 Å². The Kier molecular flexibility index (Phi) is 3.70. The molecule has 0 amide bonds. The summed E-state index contributed by atoms with van der Waals surface area (Å²) in [5, 5.41) is 20.1. The normalized spacial score (nSPS) is 12.6. The highest BCUT2D eigenvalue weighted by atomic mass is 16.3. The van der Waals surface area contributed by atoms with E-state index in [1.807, 2.05) is 42.5 Å². The minimum atomic E-state index is -0.725. The molecule has 0 aliphatic carbocycles. The summed E-state index contributed by atoms with van der Waals surface area (Å²) in [6.45, 7) is 0.227. The van der Waals surface area contributed by atoms with Crippen LogP contribution in [0.15, 0.2) is 53.5 Å². The molecule has 0 aliphatic heterocycles. The zero-order valence-corrected chi connectivity index (χ0v) is 13.6. The fourth-order valence-electron chi connectivity index (χ4n) is 2.84. The molecule has 0 aliphatic rings. The maximum absolute atomic E-state index is 12.0. The minimum absolute atomic E-state index is 0.227. The molecule has 0 fully saturated rings. The monoisotopic (exact) mass is 335 g/mol. The first kappa shape index (κ1) is 15.3. The Bertz CT molecular complexity index is 1120. The molecule has 3 N–H and O–H groups in total. The van der Waals surface area contributed by atoms with E-state index in [1.54, 1.807) is 7.05 Å². The summed E-state index contributed by atoms with van der Waals surface area (Å²) in [6, 6.07) is 13.8. The molecule has 2 aromatic carbocycles. The van der Waals surface area contributed by atoms with Gasteiger partial charge in [-0.05, 0) is 22.4 Å². The number of aromatic nitrogens is 4.